The van der Waals surface area contributed by atoms with E-state index in [1.54, 1.807) is 33.2 Å². The number of ether oxygens (including phenoxy) is 2. The lowest BCUT2D eigenvalue weighted by Gasteiger charge is -2.23. The van der Waals surface area contributed by atoms with Crippen LogP contribution in [0.2, 0.25) is 0 Å². The van der Waals surface area contributed by atoms with Crippen LogP contribution >= 0.6 is 11.3 Å². The monoisotopic (exact) mass is 400 g/mol. The van der Waals surface area contributed by atoms with Gasteiger partial charge >= 0.3 is 18.1 Å². The molecule has 152 valence electrons. The second kappa shape index (κ2) is 9.54. The summed E-state index contributed by atoms with van der Waals surface area (Å²) in [7, 11) is 2.87. The molecule has 0 radical (unpaired) electrons. The number of amides is 3. The molecule has 1 aromatic heterocycles. The molecule has 2 N–H and O–H groups in total. The molecule has 0 unspecified atom stereocenters. The van der Waals surface area contributed by atoms with Gasteiger partial charge in [-0.2, -0.15) is 0 Å². The molecule has 0 aliphatic heterocycles. The van der Waals surface area contributed by atoms with E-state index in [1.165, 1.54) is 23.3 Å². The van der Waals surface area contributed by atoms with Gasteiger partial charge in [-0.1, -0.05) is 13.8 Å². The third kappa shape index (κ3) is 7.81. The largest absolute Gasteiger partial charge is 0.467 e. The van der Waals surface area contributed by atoms with Gasteiger partial charge in [0.05, 0.1) is 19.3 Å². The first-order chi connectivity index (χ1) is 12.4. The number of urea groups is 1. The van der Waals surface area contributed by atoms with Crippen LogP contribution in [-0.4, -0.2) is 53.8 Å². The summed E-state index contributed by atoms with van der Waals surface area (Å²) < 4.78 is 9.88. The normalized spacial score (nSPS) is 12.3. The molecule has 0 bridgehead atoms. The number of anilines is 1. The molecule has 1 heterocycles. The third-order valence-electron chi connectivity index (χ3n) is 3.31. The van der Waals surface area contributed by atoms with Crippen LogP contribution in [0.3, 0.4) is 0 Å². The van der Waals surface area contributed by atoms with Crippen molar-refractivity contribution in [1.82, 2.24) is 15.2 Å². The van der Waals surface area contributed by atoms with E-state index < -0.39 is 29.7 Å². The Morgan fingerprint density at radius 3 is 2.44 bits per heavy atom. The average molecular weight is 401 g/mol. The molecule has 0 aliphatic carbocycles. The van der Waals surface area contributed by atoms with Crippen molar-refractivity contribution in [1.29, 1.82) is 0 Å². The van der Waals surface area contributed by atoms with Crippen molar-refractivity contribution in [2.24, 2.45) is 5.92 Å². The number of hydrogen-bond acceptors (Lipinski definition) is 7. The Morgan fingerprint density at radius 1 is 1.30 bits per heavy atom. The zero-order valence-electron chi connectivity index (χ0n) is 16.8. The van der Waals surface area contributed by atoms with Crippen LogP contribution in [-0.2, 0) is 20.8 Å². The van der Waals surface area contributed by atoms with E-state index in [4.69, 9.17) is 9.47 Å². The smallest absolute Gasteiger partial charge is 0.413 e. The lowest BCUT2D eigenvalue weighted by atomic mass is 10.1. The summed E-state index contributed by atoms with van der Waals surface area (Å²) in [6.07, 6.45) is -0.590. The first-order valence-electron chi connectivity index (χ1n) is 8.46. The fraction of sp³-hybridized carbons (Fsp3) is 0.647. The maximum absolute atomic E-state index is 12.3. The van der Waals surface area contributed by atoms with Gasteiger partial charge in [0.15, 0.2) is 5.13 Å². The summed E-state index contributed by atoms with van der Waals surface area (Å²) in [6.45, 7) is 9.16. The lowest BCUT2D eigenvalue weighted by molar-refractivity contribution is -0.144. The Balaban J connectivity index is 2.63. The molecular formula is C17H28N4O5S. The molecule has 9 nitrogen and oxygen atoms in total. The predicted molar refractivity (Wildman–Crippen MR) is 103 cm³/mol. The van der Waals surface area contributed by atoms with Crippen molar-refractivity contribution in [3.05, 3.63) is 11.1 Å². The summed E-state index contributed by atoms with van der Waals surface area (Å²) in [5.41, 5.74) is -0.00223. The minimum absolute atomic E-state index is 0.112. The number of esters is 1. The zero-order chi connectivity index (χ0) is 20.8. The molecule has 1 atom stereocenters. The highest BCUT2D eigenvalue weighted by molar-refractivity contribution is 7.13. The van der Waals surface area contributed by atoms with Gasteiger partial charge in [-0.15, -0.1) is 11.3 Å². The number of nitrogens with one attached hydrogen (secondary N) is 2. The fourth-order valence-corrected chi connectivity index (χ4v) is 2.70. The van der Waals surface area contributed by atoms with E-state index in [-0.39, 0.29) is 12.5 Å². The second-order valence-corrected chi connectivity index (χ2v) is 8.18. The Labute approximate surface area is 163 Å². The van der Waals surface area contributed by atoms with E-state index in [2.05, 4.69) is 15.6 Å². The summed E-state index contributed by atoms with van der Waals surface area (Å²) in [4.78, 5) is 41.5. The molecule has 0 aliphatic rings. The average Bonchev–Trinajstić information content (AvgIpc) is 2.95. The minimum atomic E-state index is -0.732. The van der Waals surface area contributed by atoms with E-state index in [1.807, 2.05) is 13.8 Å². The van der Waals surface area contributed by atoms with E-state index in [0.29, 0.717) is 10.8 Å². The van der Waals surface area contributed by atoms with Crippen molar-refractivity contribution >= 4 is 34.6 Å². The Morgan fingerprint density at radius 2 is 1.93 bits per heavy atom. The quantitative estimate of drug-likeness (QED) is 0.711. The van der Waals surface area contributed by atoms with Crippen molar-refractivity contribution in [3.63, 3.8) is 0 Å². The van der Waals surface area contributed by atoms with Crippen molar-refractivity contribution in [2.45, 2.75) is 52.8 Å². The van der Waals surface area contributed by atoms with E-state index in [9.17, 15) is 14.4 Å². The number of hydrogen-bond donors (Lipinski definition) is 2. The number of aromatic nitrogens is 1. The fourth-order valence-electron chi connectivity index (χ4n) is 2.01. The lowest BCUT2D eigenvalue weighted by Crippen LogP contribution is -2.49. The SMILES string of the molecule is COC(=O)[C@@H](NC(=O)N(C)Cc1csc(NC(=O)OC(C)(C)C)n1)C(C)C. The number of nitrogens with zero attached hydrogens (tertiary/aromatic N) is 2. The zero-order valence-corrected chi connectivity index (χ0v) is 17.6. The van der Waals surface area contributed by atoms with Crippen LogP contribution in [0.5, 0.6) is 0 Å². The summed E-state index contributed by atoms with van der Waals surface area (Å²) in [5, 5.41) is 7.32. The number of carbonyl (C=O) groups is 3. The number of methoxy groups -OCH3 is 1. The van der Waals surface area contributed by atoms with Crippen LogP contribution in [0.15, 0.2) is 5.38 Å². The first kappa shape index (κ1) is 22.7. The highest BCUT2D eigenvalue weighted by Crippen LogP contribution is 2.18. The molecule has 10 heteroatoms. The molecule has 0 spiro atoms. The van der Waals surface area contributed by atoms with E-state index in [0.717, 1.165) is 0 Å². The number of rotatable bonds is 6. The number of thiazole rings is 1. The van der Waals surface area contributed by atoms with Gasteiger partial charge in [0.2, 0.25) is 0 Å². The summed E-state index contributed by atoms with van der Waals surface area (Å²) in [5.74, 6) is -0.608. The van der Waals surface area contributed by atoms with Gasteiger partial charge in [0, 0.05) is 12.4 Å². The topological polar surface area (TPSA) is 110 Å². The molecule has 1 aromatic rings. The van der Waals surface area contributed by atoms with Crippen LogP contribution in [0.25, 0.3) is 0 Å². The van der Waals surface area contributed by atoms with Gasteiger partial charge in [0.1, 0.15) is 11.6 Å². The van der Waals surface area contributed by atoms with Crippen LogP contribution in [0.1, 0.15) is 40.3 Å². The third-order valence-corrected chi connectivity index (χ3v) is 4.11. The van der Waals surface area contributed by atoms with Gasteiger partial charge in [-0.05, 0) is 26.7 Å². The summed E-state index contributed by atoms with van der Waals surface area (Å²) in [6, 6.07) is -1.15. The van der Waals surface area contributed by atoms with Crippen molar-refractivity contribution < 1.29 is 23.9 Å². The Bertz CT molecular complexity index is 669. The van der Waals surface area contributed by atoms with Crippen LogP contribution < -0.4 is 10.6 Å². The highest BCUT2D eigenvalue weighted by atomic mass is 32.1. The molecular weight excluding hydrogens is 372 g/mol. The molecule has 0 saturated heterocycles. The van der Waals surface area contributed by atoms with Gasteiger partial charge < -0.3 is 19.7 Å². The van der Waals surface area contributed by atoms with E-state index >= 15 is 0 Å². The number of carbonyl (C=O) groups excluding carboxylic acids is 3. The van der Waals surface area contributed by atoms with Gasteiger partial charge in [-0.25, -0.2) is 19.4 Å². The second-order valence-electron chi connectivity index (χ2n) is 7.32. The van der Waals surface area contributed by atoms with Crippen molar-refractivity contribution in [2.75, 3.05) is 19.5 Å². The van der Waals surface area contributed by atoms with Crippen LogP contribution in [0.4, 0.5) is 14.7 Å². The molecule has 0 saturated carbocycles. The molecule has 3 amide bonds. The Kier molecular flexibility index (Phi) is 8.01. The predicted octanol–water partition coefficient (Wildman–Crippen LogP) is 2.83. The molecule has 1 rings (SSSR count). The summed E-state index contributed by atoms with van der Waals surface area (Å²) >= 11 is 1.23. The Hall–Kier alpha value is -2.36. The molecule has 27 heavy (non-hydrogen) atoms. The maximum atomic E-state index is 12.3. The molecule has 0 fully saturated rings. The first-order valence-corrected chi connectivity index (χ1v) is 9.34. The van der Waals surface area contributed by atoms with Gasteiger partial charge in [-0.3, -0.25) is 5.32 Å². The van der Waals surface area contributed by atoms with Crippen LogP contribution in [0, 0.1) is 5.92 Å². The van der Waals surface area contributed by atoms with Gasteiger partial charge in [0.25, 0.3) is 0 Å². The molecule has 0 aromatic carbocycles. The van der Waals surface area contributed by atoms with Crippen molar-refractivity contribution in [3.8, 4) is 0 Å². The standard InChI is InChI=1S/C17H28N4O5S/c1-10(2)12(13(22)25-7)19-15(23)21(6)8-11-9-27-14(18-11)20-16(24)26-17(3,4)5/h9-10,12H,8H2,1-7H3,(H,19,23)(H,18,20,24)/t12-/m0/s1. The minimum Gasteiger partial charge on any atom is -0.467 e. The maximum Gasteiger partial charge on any atom is 0.413 e. The highest BCUT2D eigenvalue weighted by Gasteiger charge is 2.26.